The van der Waals surface area contributed by atoms with Gasteiger partial charge >= 0.3 is 0 Å². The second-order valence-electron chi connectivity index (χ2n) is 4.36. The smallest absolute Gasteiger partial charge is 0.238 e. The molecule has 1 aromatic rings. The Bertz CT molecular complexity index is 397. The first kappa shape index (κ1) is 15.9. The third-order valence-corrected chi connectivity index (χ3v) is 3.29. The molecule has 0 aromatic heterocycles. The van der Waals surface area contributed by atoms with Crippen LogP contribution < -0.4 is 10.6 Å². The molecule has 4 N–H and O–H groups in total. The average molecular weight is 287 g/mol. The van der Waals surface area contributed by atoms with Crippen LogP contribution in [0.3, 0.4) is 0 Å². The summed E-state index contributed by atoms with van der Waals surface area (Å²) >= 11 is 5.74. The summed E-state index contributed by atoms with van der Waals surface area (Å²) in [4.78, 5) is 11.7. The summed E-state index contributed by atoms with van der Waals surface area (Å²) in [5.74, 6) is -0.248. The van der Waals surface area contributed by atoms with Gasteiger partial charge in [0.05, 0.1) is 25.3 Å². The lowest BCUT2D eigenvalue weighted by molar-refractivity contribution is -0.116. The molecule has 6 heteroatoms. The van der Waals surface area contributed by atoms with Crippen LogP contribution in [-0.4, -0.2) is 41.4 Å². The number of benzene rings is 1. The number of anilines is 1. The molecule has 1 amide bonds. The molecule has 0 spiro atoms. The molecule has 1 aromatic carbocycles. The first-order chi connectivity index (χ1) is 9.05. The van der Waals surface area contributed by atoms with Crippen LogP contribution in [0.4, 0.5) is 5.69 Å². The largest absolute Gasteiger partial charge is 0.394 e. The molecule has 0 atom stereocenters. The number of hydrogen-bond donors (Lipinski definition) is 4. The molecule has 1 rings (SSSR count). The SMILES string of the molecule is CCC(CO)(CO)NCC(=O)Nc1ccc(Cl)cc1. The van der Waals surface area contributed by atoms with Crippen molar-refractivity contribution >= 4 is 23.2 Å². The standard InChI is InChI=1S/C13H19ClN2O3/c1-2-13(8-17,9-18)15-7-12(19)16-11-5-3-10(14)4-6-11/h3-6,15,17-18H,2,7-9H2,1H3,(H,16,19). The van der Waals surface area contributed by atoms with Gasteiger partial charge in [-0.25, -0.2) is 0 Å². The number of aliphatic hydroxyl groups is 2. The summed E-state index contributed by atoms with van der Waals surface area (Å²) in [6.45, 7) is 1.39. The Balaban J connectivity index is 2.49. The van der Waals surface area contributed by atoms with Gasteiger partial charge in [0.15, 0.2) is 0 Å². The molecule has 0 saturated carbocycles. The quantitative estimate of drug-likeness (QED) is 0.603. The van der Waals surface area contributed by atoms with Crippen LogP contribution in [0.5, 0.6) is 0 Å². The van der Waals surface area contributed by atoms with Crippen molar-refractivity contribution in [3.63, 3.8) is 0 Å². The average Bonchev–Trinajstić information content (AvgIpc) is 2.44. The van der Waals surface area contributed by atoms with Crippen LogP contribution in [0.2, 0.25) is 5.02 Å². The minimum absolute atomic E-state index is 0.0115. The van der Waals surface area contributed by atoms with Crippen molar-refractivity contribution in [1.82, 2.24) is 5.32 Å². The summed E-state index contributed by atoms with van der Waals surface area (Å²) < 4.78 is 0. The van der Waals surface area contributed by atoms with Crippen LogP contribution in [-0.2, 0) is 4.79 Å². The highest BCUT2D eigenvalue weighted by molar-refractivity contribution is 6.30. The first-order valence-electron chi connectivity index (χ1n) is 6.07. The topological polar surface area (TPSA) is 81.6 Å². The first-order valence-corrected chi connectivity index (χ1v) is 6.45. The van der Waals surface area contributed by atoms with E-state index in [-0.39, 0.29) is 25.7 Å². The summed E-state index contributed by atoms with van der Waals surface area (Å²) in [7, 11) is 0. The fourth-order valence-electron chi connectivity index (χ4n) is 1.52. The van der Waals surface area contributed by atoms with E-state index in [2.05, 4.69) is 10.6 Å². The predicted molar refractivity (Wildman–Crippen MR) is 75.3 cm³/mol. The van der Waals surface area contributed by atoms with E-state index in [4.69, 9.17) is 11.6 Å². The van der Waals surface area contributed by atoms with Gasteiger partial charge in [-0.15, -0.1) is 0 Å². The molecule has 0 radical (unpaired) electrons. The zero-order chi connectivity index (χ0) is 14.3. The summed E-state index contributed by atoms with van der Waals surface area (Å²) in [6.07, 6.45) is 0.522. The molecule has 0 saturated heterocycles. The maximum atomic E-state index is 11.7. The van der Waals surface area contributed by atoms with Crippen molar-refractivity contribution in [2.75, 3.05) is 25.1 Å². The van der Waals surface area contributed by atoms with Crippen molar-refractivity contribution in [3.05, 3.63) is 29.3 Å². The van der Waals surface area contributed by atoms with Gasteiger partial charge in [-0.1, -0.05) is 18.5 Å². The van der Waals surface area contributed by atoms with Crippen molar-refractivity contribution in [3.8, 4) is 0 Å². The third kappa shape index (κ3) is 4.80. The Labute approximate surface area is 117 Å². The van der Waals surface area contributed by atoms with Crippen molar-refractivity contribution in [1.29, 1.82) is 0 Å². The normalized spacial score (nSPS) is 11.4. The highest BCUT2D eigenvalue weighted by Crippen LogP contribution is 2.13. The molecule has 0 unspecified atom stereocenters. The minimum atomic E-state index is -0.822. The maximum absolute atomic E-state index is 11.7. The van der Waals surface area contributed by atoms with Gasteiger partial charge in [0.25, 0.3) is 0 Å². The van der Waals surface area contributed by atoms with E-state index in [1.165, 1.54) is 0 Å². The van der Waals surface area contributed by atoms with Crippen LogP contribution in [0.15, 0.2) is 24.3 Å². The number of carbonyl (C=O) groups is 1. The van der Waals surface area contributed by atoms with Crippen LogP contribution in [0.1, 0.15) is 13.3 Å². The number of aliphatic hydroxyl groups excluding tert-OH is 2. The lowest BCUT2D eigenvalue weighted by atomic mass is 9.98. The van der Waals surface area contributed by atoms with Crippen molar-refractivity contribution in [2.45, 2.75) is 18.9 Å². The zero-order valence-corrected chi connectivity index (χ0v) is 11.6. The van der Waals surface area contributed by atoms with Crippen LogP contribution in [0.25, 0.3) is 0 Å². The second-order valence-corrected chi connectivity index (χ2v) is 4.80. The Morgan fingerprint density at radius 2 is 1.84 bits per heavy atom. The third-order valence-electron chi connectivity index (χ3n) is 3.03. The van der Waals surface area contributed by atoms with E-state index in [1.54, 1.807) is 24.3 Å². The number of halogens is 1. The van der Waals surface area contributed by atoms with Gasteiger partial charge in [-0.05, 0) is 30.7 Å². The van der Waals surface area contributed by atoms with Crippen LogP contribution in [0, 0.1) is 0 Å². The van der Waals surface area contributed by atoms with E-state index in [0.29, 0.717) is 17.1 Å². The van der Waals surface area contributed by atoms with Gasteiger partial charge in [0, 0.05) is 10.7 Å². The lowest BCUT2D eigenvalue weighted by Crippen LogP contribution is -2.53. The number of carbonyl (C=O) groups excluding carboxylic acids is 1. The van der Waals surface area contributed by atoms with E-state index >= 15 is 0 Å². The predicted octanol–water partition coefficient (Wildman–Crippen LogP) is 1.00. The second kappa shape index (κ2) is 7.45. The molecule has 0 bridgehead atoms. The van der Waals surface area contributed by atoms with Crippen molar-refractivity contribution < 1.29 is 15.0 Å². The van der Waals surface area contributed by atoms with E-state index < -0.39 is 5.54 Å². The van der Waals surface area contributed by atoms with Gasteiger partial charge in [-0.3, -0.25) is 10.1 Å². The van der Waals surface area contributed by atoms with E-state index in [0.717, 1.165) is 0 Å². The molecule has 106 valence electrons. The van der Waals surface area contributed by atoms with E-state index in [1.807, 2.05) is 6.92 Å². The highest BCUT2D eigenvalue weighted by Gasteiger charge is 2.26. The number of amides is 1. The van der Waals surface area contributed by atoms with Gasteiger partial charge in [0.2, 0.25) is 5.91 Å². The molecule has 0 aliphatic rings. The van der Waals surface area contributed by atoms with Gasteiger partial charge in [-0.2, -0.15) is 0 Å². The maximum Gasteiger partial charge on any atom is 0.238 e. The monoisotopic (exact) mass is 286 g/mol. The summed E-state index contributed by atoms with van der Waals surface area (Å²) in [6, 6.07) is 6.77. The number of nitrogens with one attached hydrogen (secondary N) is 2. The molecule has 0 aliphatic carbocycles. The molecular weight excluding hydrogens is 268 g/mol. The minimum Gasteiger partial charge on any atom is -0.394 e. The molecule has 0 fully saturated rings. The Hall–Kier alpha value is -1.14. The van der Waals surface area contributed by atoms with Gasteiger partial charge < -0.3 is 15.5 Å². The van der Waals surface area contributed by atoms with Crippen molar-refractivity contribution in [2.24, 2.45) is 0 Å². The molecule has 0 heterocycles. The molecule has 5 nitrogen and oxygen atoms in total. The van der Waals surface area contributed by atoms with Gasteiger partial charge in [0.1, 0.15) is 0 Å². The zero-order valence-electron chi connectivity index (χ0n) is 10.8. The Morgan fingerprint density at radius 1 is 1.26 bits per heavy atom. The number of hydrogen-bond acceptors (Lipinski definition) is 4. The lowest BCUT2D eigenvalue weighted by Gasteiger charge is -2.29. The highest BCUT2D eigenvalue weighted by atomic mass is 35.5. The molecule has 0 aliphatic heterocycles. The summed E-state index contributed by atoms with van der Waals surface area (Å²) in [5.41, 5.74) is -0.177. The fraction of sp³-hybridized carbons (Fsp3) is 0.462. The summed E-state index contributed by atoms with van der Waals surface area (Å²) in [5, 5.41) is 24.6. The number of rotatable bonds is 7. The Kier molecular flexibility index (Phi) is 6.24. The Morgan fingerprint density at radius 3 is 2.32 bits per heavy atom. The molecule has 19 heavy (non-hydrogen) atoms. The fourth-order valence-corrected chi connectivity index (χ4v) is 1.64. The molecular formula is C13H19ClN2O3. The van der Waals surface area contributed by atoms with Crippen LogP contribution >= 0.6 is 11.6 Å². The van der Waals surface area contributed by atoms with E-state index in [9.17, 15) is 15.0 Å².